The Morgan fingerprint density at radius 3 is 1.54 bits per heavy atom. The van der Waals surface area contributed by atoms with E-state index in [2.05, 4.69) is 13.5 Å². The second-order valence-corrected chi connectivity index (χ2v) is 1.73. The first-order chi connectivity index (χ1) is 6.14. The summed E-state index contributed by atoms with van der Waals surface area (Å²) >= 11 is 0. The first kappa shape index (κ1) is 17.5. The summed E-state index contributed by atoms with van der Waals surface area (Å²) in [6.07, 6.45) is 3.33. The van der Waals surface area contributed by atoms with E-state index in [0.29, 0.717) is 18.3 Å². The molecule has 0 radical (unpaired) electrons. The van der Waals surface area contributed by atoms with E-state index in [1.165, 1.54) is 0 Å². The molecule has 5 nitrogen and oxygen atoms in total. The van der Waals surface area contributed by atoms with Crippen molar-refractivity contribution in [3.05, 3.63) is 23.5 Å². The zero-order valence-corrected chi connectivity index (χ0v) is 7.69. The van der Waals surface area contributed by atoms with E-state index in [1.807, 2.05) is 6.92 Å². The lowest BCUT2D eigenvalue weighted by Gasteiger charge is -1.50. The van der Waals surface area contributed by atoms with E-state index >= 15 is 0 Å². The molecule has 1 rings (SSSR count). The number of hydrogen-bond donors (Lipinski definition) is 0. The van der Waals surface area contributed by atoms with E-state index in [1.54, 1.807) is 6.08 Å². The lowest BCUT2D eigenvalue weighted by molar-refractivity contribution is 0.423. The van der Waals surface area contributed by atoms with Crippen molar-refractivity contribution in [1.29, 1.82) is 0 Å². The van der Waals surface area contributed by atoms with Gasteiger partial charge in [-0.2, -0.15) is 0 Å². The minimum atomic E-state index is 0.500. The maximum absolute atomic E-state index is 8.24. The predicted molar refractivity (Wildman–Crippen MR) is 49.4 cm³/mol. The Morgan fingerprint density at radius 1 is 1.46 bits per heavy atom. The summed E-state index contributed by atoms with van der Waals surface area (Å²) in [7, 11) is 0. The van der Waals surface area contributed by atoms with Gasteiger partial charge in [-0.3, -0.25) is 9.59 Å². The number of nitrogens with zero attached hydrogens (tertiary/aromatic N) is 2. The summed E-state index contributed by atoms with van der Waals surface area (Å²) in [5, 5.41) is 13.5. The molecule has 1 aliphatic rings. The lowest BCUT2D eigenvalue weighted by Crippen LogP contribution is -1.60. The second kappa shape index (κ2) is 22.4. The highest BCUT2D eigenvalue weighted by molar-refractivity contribution is 5.37. The van der Waals surface area contributed by atoms with Gasteiger partial charge in [0.25, 0.3) is 0 Å². The van der Waals surface area contributed by atoms with Crippen molar-refractivity contribution in [2.45, 2.75) is 20.0 Å². The highest BCUT2D eigenvalue weighted by Gasteiger charge is 2.13. The monoisotopic (exact) mass is 184 g/mol. The Kier molecular flexibility index (Phi) is 30.2. The van der Waals surface area contributed by atoms with Crippen LogP contribution in [0.2, 0.25) is 0 Å². The van der Waals surface area contributed by atoms with Gasteiger partial charge in [-0.15, -0.1) is 6.58 Å². The van der Waals surface area contributed by atoms with Gasteiger partial charge in [-0.05, 0) is 26.0 Å². The summed E-state index contributed by atoms with van der Waals surface area (Å²) in [5.74, 6) is 0. The second-order valence-electron chi connectivity index (χ2n) is 1.73. The number of epoxide rings is 1. The largest absolute Gasteiger partial charge is 0.724 e. The van der Waals surface area contributed by atoms with Gasteiger partial charge in [0.2, 0.25) is 0 Å². The fraction of sp³-hybridized carbons (Fsp3) is 0.500. The van der Waals surface area contributed by atoms with Crippen LogP contribution in [-0.4, -0.2) is 24.9 Å². The van der Waals surface area contributed by atoms with Crippen LogP contribution in [0.25, 0.3) is 10.8 Å². The van der Waals surface area contributed by atoms with Crippen molar-refractivity contribution in [3.8, 4) is 0 Å². The van der Waals surface area contributed by atoms with E-state index in [0.717, 1.165) is 6.61 Å². The van der Waals surface area contributed by atoms with Crippen LogP contribution in [0.1, 0.15) is 13.8 Å². The Bertz CT molecular complexity index is 152. The zero-order valence-electron chi connectivity index (χ0n) is 7.69. The lowest BCUT2D eigenvalue weighted by atomic mass is 10.6. The van der Waals surface area contributed by atoms with Crippen LogP contribution in [0.5, 0.6) is 0 Å². The first-order valence-corrected chi connectivity index (χ1v) is 3.35. The van der Waals surface area contributed by atoms with Crippen LogP contribution in [0.4, 0.5) is 0 Å². The van der Waals surface area contributed by atoms with Crippen molar-refractivity contribution in [1.82, 2.24) is 0 Å². The predicted octanol–water partition coefficient (Wildman–Crippen LogP) is 1.38. The molecule has 1 unspecified atom stereocenters. The van der Waals surface area contributed by atoms with Gasteiger partial charge in [0.05, 0.1) is 12.7 Å². The van der Waals surface area contributed by atoms with Gasteiger partial charge < -0.3 is 15.6 Å². The SMILES string of the molecule is C=CC.CC1CO1.[N-]=C=O.[N-]=C=O. The summed E-state index contributed by atoms with van der Waals surface area (Å²) in [6.45, 7) is 8.29. The molecule has 74 valence electrons. The number of allylic oxidation sites excluding steroid dienone is 1. The first-order valence-electron chi connectivity index (χ1n) is 3.35. The maximum Gasteiger partial charge on any atom is 0.0781 e. The van der Waals surface area contributed by atoms with Crippen molar-refractivity contribution in [2.75, 3.05) is 6.61 Å². The van der Waals surface area contributed by atoms with Gasteiger partial charge in [0.15, 0.2) is 0 Å². The number of ether oxygens (including phenoxy) is 1. The molecule has 0 aromatic rings. The number of isocyanates is 2. The van der Waals surface area contributed by atoms with Crippen molar-refractivity contribution >= 4 is 12.2 Å². The minimum Gasteiger partial charge on any atom is -0.724 e. The van der Waals surface area contributed by atoms with Crippen molar-refractivity contribution < 1.29 is 14.3 Å². The molecule has 1 atom stereocenters. The Hall–Kier alpha value is -1.54. The van der Waals surface area contributed by atoms with Crippen LogP contribution >= 0.6 is 0 Å². The molecule has 13 heavy (non-hydrogen) atoms. The standard InChI is InChI=1S/C3H6O.C3H6.2CNO/c1-3-2-4-3;1-3-2;2*2-1-3/h3H,2H2,1H3;3H,1H2,2H3;;/q;;2*-1. The van der Waals surface area contributed by atoms with Gasteiger partial charge in [0.1, 0.15) is 0 Å². The zero-order chi connectivity index (χ0) is 11.1. The van der Waals surface area contributed by atoms with Crippen LogP contribution in [-0.2, 0) is 14.3 Å². The van der Waals surface area contributed by atoms with Crippen LogP contribution in [0.3, 0.4) is 0 Å². The summed E-state index contributed by atoms with van der Waals surface area (Å²) in [6, 6.07) is 0. The third-order valence-corrected chi connectivity index (χ3v) is 0.500. The molecule has 1 saturated heterocycles. The topological polar surface area (TPSA) is 91.3 Å². The van der Waals surface area contributed by atoms with Gasteiger partial charge in [-0.1, -0.05) is 6.08 Å². The van der Waals surface area contributed by atoms with E-state index in [4.69, 9.17) is 25.1 Å². The molecule has 0 saturated carbocycles. The van der Waals surface area contributed by atoms with Crippen LogP contribution in [0.15, 0.2) is 12.7 Å². The Balaban J connectivity index is -0.000000104. The van der Waals surface area contributed by atoms with E-state index in [9.17, 15) is 0 Å². The normalized spacial score (nSPS) is 14.5. The quantitative estimate of drug-likeness (QED) is 0.246. The van der Waals surface area contributed by atoms with Gasteiger partial charge in [-0.25, -0.2) is 0 Å². The third-order valence-electron chi connectivity index (χ3n) is 0.500. The van der Waals surface area contributed by atoms with Gasteiger partial charge in [0, 0.05) is 0 Å². The van der Waals surface area contributed by atoms with Crippen LogP contribution < -0.4 is 0 Å². The fourth-order valence-corrected chi connectivity index (χ4v) is 0.0962. The minimum absolute atomic E-state index is 0.500. The highest BCUT2D eigenvalue weighted by atomic mass is 16.6. The third kappa shape index (κ3) is 351. The van der Waals surface area contributed by atoms with Gasteiger partial charge >= 0.3 is 0 Å². The van der Waals surface area contributed by atoms with Crippen LogP contribution in [0, 0.1) is 0 Å². The molecule has 5 heteroatoms. The molecule has 0 bridgehead atoms. The molecule has 1 heterocycles. The molecular weight excluding hydrogens is 172 g/mol. The molecular formula is C8H12N2O3-2. The number of rotatable bonds is 0. The van der Waals surface area contributed by atoms with Crippen molar-refractivity contribution in [3.63, 3.8) is 0 Å². The smallest absolute Gasteiger partial charge is 0.0781 e. The summed E-state index contributed by atoms with van der Waals surface area (Å²) < 4.78 is 4.71. The average Bonchev–Trinajstić information content (AvgIpc) is 2.76. The Labute approximate surface area is 77.4 Å². The van der Waals surface area contributed by atoms with E-state index in [-0.39, 0.29) is 0 Å². The van der Waals surface area contributed by atoms with Crippen molar-refractivity contribution in [2.24, 2.45) is 0 Å². The summed E-state index contributed by atoms with van der Waals surface area (Å²) in [4.78, 5) is 16.5. The highest BCUT2D eigenvalue weighted by Crippen LogP contribution is 2.04. The fourth-order valence-electron chi connectivity index (χ4n) is 0.0962. The molecule has 0 spiro atoms. The Morgan fingerprint density at radius 2 is 1.54 bits per heavy atom. The molecule has 0 N–H and O–H groups in total. The number of carbonyl (C=O) groups excluding carboxylic acids is 2. The molecule has 1 aliphatic heterocycles. The molecule has 0 aromatic carbocycles. The summed E-state index contributed by atoms with van der Waals surface area (Å²) in [5.41, 5.74) is 0. The molecule has 1 fully saturated rings. The number of hydrogen-bond acceptors (Lipinski definition) is 3. The van der Waals surface area contributed by atoms with E-state index < -0.39 is 0 Å². The molecule has 0 amide bonds. The molecule has 0 aromatic heterocycles. The average molecular weight is 184 g/mol. The maximum atomic E-state index is 8.24. The molecule has 0 aliphatic carbocycles.